The minimum atomic E-state index is 0.109. The van der Waals surface area contributed by atoms with Gasteiger partial charge in [0.2, 0.25) is 17.6 Å². The number of amides is 1. The molecule has 0 atom stereocenters. The van der Waals surface area contributed by atoms with E-state index in [1.807, 2.05) is 24.3 Å². The van der Waals surface area contributed by atoms with Crippen LogP contribution in [0.2, 0.25) is 0 Å². The number of benzene rings is 1. The van der Waals surface area contributed by atoms with Crippen molar-refractivity contribution in [1.82, 2.24) is 24.8 Å². The first-order valence-corrected chi connectivity index (χ1v) is 9.93. The van der Waals surface area contributed by atoms with E-state index in [-0.39, 0.29) is 5.91 Å². The van der Waals surface area contributed by atoms with Crippen LogP contribution >= 0.6 is 0 Å². The van der Waals surface area contributed by atoms with Crippen LogP contribution in [0, 0.1) is 6.92 Å². The largest absolute Gasteiger partial charge is 0.338 e. The van der Waals surface area contributed by atoms with Crippen LogP contribution in [0.1, 0.15) is 11.5 Å². The van der Waals surface area contributed by atoms with Gasteiger partial charge in [0.15, 0.2) is 0 Å². The number of hydrogen-bond acceptors (Lipinski definition) is 6. The van der Waals surface area contributed by atoms with Gasteiger partial charge in [-0.2, -0.15) is 4.98 Å². The predicted octanol–water partition coefficient (Wildman–Crippen LogP) is 2.36. The monoisotopic (exact) mass is 395 g/mol. The number of nitrogens with zero attached hydrogens (tertiary/aromatic N) is 5. The van der Waals surface area contributed by atoms with Crippen molar-refractivity contribution in [3.05, 3.63) is 61.0 Å². The number of carbonyl (C=O) groups is 1. The minimum absolute atomic E-state index is 0.109. The molecule has 1 aliphatic heterocycles. The summed E-state index contributed by atoms with van der Waals surface area (Å²) in [4.78, 5) is 23.2. The summed E-state index contributed by atoms with van der Waals surface area (Å²) in [7, 11) is 0. The number of aryl methyl sites for hydroxylation is 1. The Morgan fingerprint density at radius 1 is 1.10 bits per heavy atom. The van der Waals surface area contributed by atoms with E-state index in [1.165, 1.54) is 5.56 Å². The van der Waals surface area contributed by atoms with Gasteiger partial charge in [0.25, 0.3) is 0 Å². The lowest BCUT2D eigenvalue weighted by Crippen LogP contribution is -2.49. The molecule has 1 aromatic heterocycles. The van der Waals surface area contributed by atoms with E-state index < -0.39 is 0 Å². The topological polar surface area (TPSA) is 65.7 Å². The van der Waals surface area contributed by atoms with Crippen molar-refractivity contribution < 1.29 is 9.32 Å². The van der Waals surface area contributed by atoms with Gasteiger partial charge in [0, 0.05) is 44.8 Å². The Kier molecular flexibility index (Phi) is 7.32. The van der Waals surface area contributed by atoms with E-state index in [9.17, 15) is 4.79 Å². The van der Waals surface area contributed by atoms with Gasteiger partial charge in [-0.05, 0) is 6.92 Å². The molecule has 0 saturated carbocycles. The van der Waals surface area contributed by atoms with Crippen LogP contribution in [0.4, 0.5) is 0 Å². The van der Waals surface area contributed by atoms with Gasteiger partial charge in [0.05, 0.1) is 13.1 Å². The van der Waals surface area contributed by atoms with Crippen LogP contribution in [0.5, 0.6) is 0 Å². The van der Waals surface area contributed by atoms with Crippen molar-refractivity contribution in [2.75, 3.05) is 45.8 Å². The van der Waals surface area contributed by atoms with Crippen molar-refractivity contribution in [3.63, 3.8) is 0 Å². The Hall–Kier alpha value is -2.77. The first-order chi connectivity index (χ1) is 14.1. The first kappa shape index (κ1) is 21.0. The molecule has 1 amide bonds. The summed E-state index contributed by atoms with van der Waals surface area (Å²) in [6.07, 6.45) is 3.49. The zero-order valence-electron chi connectivity index (χ0n) is 17.1. The summed E-state index contributed by atoms with van der Waals surface area (Å²) < 4.78 is 5.43. The fourth-order valence-corrected chi connectivity index (χ4v) is 3.32. The van der Waals surface area contributed by atoms with Crippen LogP contribution in [-0.2, 0) is 11.3 Å². The Balaban J connectivity index is 1.47. The summed E-state index contributed by atoms with van der Waals surface area (Å²) >= 11 is 0. The van der Waals surface area contributed by atoms with Gasteiger partial charge >= 0.3 is 0 Å². The maximum atomic E-state index is 12.5. The molecule has 29 heavy (non-hydrogen) atoms. The van der Waals surface area contributed by atoms with E-state index in [1.54, 1.807) is 17.1 Å². The Morgan fingerprint density at radius 3 is 2.34 bits per heavy atom. The number of hydrogen-bond donors (Lipinski definition) is 0. The molecule has 7 nitrogen and oxygen atoms in total. The second kappa shape index (κ2) is 10.1. The second-order valence-corrected chi connectivity index (χ2v) is 7.31. The standard InChI is InChI=1S/C22H29N5O2/c1-4-10-27(11-5-2)21(28)17-26-14-12-25(13-15-26)16-20-23-22(24-29-20)19-8-6-18(3)7-9-19/h4-9H,1-2,10-17H2,3H3. The highest BCUT2D eigenvalue weighted by Crippen LogP contribution is 2.17. The molecule has 1 fully saturated rings. The number of aromatic nitrogens is 2. The number of carbonyl (C=O) groups excluding carboxylic acids is 1. The number of piperazine rings is 1. The molecule has 1 saturated heterocycles. The summed E-state index contributed by atoms with van der Waals surface area (Å²) in [6, 6.07) is 8.08. The lowest BCUT2D eigenvalue weighted by molar-refractivity contribution is -0.131. The predicted molar refractivity (Wildman–Crippen MR) is 113 cm³/mol. The van der Waals surface area contributed by atoms with Crippen LogP contribution in [0.15, 0.2) is 54.1 Å². The number of rotatable bonds is 9. The van der Waals surface area contributed by atoms with Crippen LogP contribution in [-0.4, -0.2) is 76.6 Å². The molecular formula is C22H29N5O2. The Labute approximate surface area is 172 Å². The van der Waals surface area contributed by atoms with Gasteiger partial charge in [-0.3, -0.25) is 14.6 Å². The molecule has 0 radical (unpaired) electrons. The fraction of sp³-hybridized carbons (Fsp3) is 0.409. The zero-order chi connectivity index (χ0) is 20.6. The average molecular weight is 396 g/mol. The molecule has 0 spiro atoms. The molecule has 154 valence electrons. The van der Waals surface area contributed by atoms with Crippen molar-refractivity contribution in [2.24, 2.45) is 0 Å². The van der Waals surface area contributed by atoms with Gasteiger partial charge in [0.1, 0.15) is 0 Å². The zero-order valence-corrected chi connectivity index (χ0v) is 17.1. The van der Waals surface area contributed by atoms with Crippen molar-refractivity contribution in [2.45, 2.75) is 13.5 Å². The van der Waals surface area contributed by atoms with Crippen LogP contribution in [0.25, 0.3) is 11.4 Å². The molecular weight excluding hydrogens is 366 g/mol. The summed E-state index contributed by atoms with van der Waals surface area (Å²) in [6.45, 7) is 15.0. The van der Waals surface area contributed by atoms with E-state index >= 15 is 0 Å². The molecule has 2 aromatic rings. The molecule has 1 aromatic carbocycles. The third-order valence-corrected chi connectivity index (χ3v) is 5.01. The third-order valence-electron chi connectivity index (χ3n) is 5.01. The highest BCUT2D eigenvalue weighted by atomic mass is 16.5. The van der Waals surface area contributed by atoms with Gasteiger partial charge < -0.3 is 9.42 Å². The summed E-state index contributed by atoms with van der Waals surface area (Å²) in [5.41, 5.74) is 2.16. The Bertz CT molecular complexity index is 812. The molecule has 3 rings (SSSR count). The lowest BCUT2D eigenvalue weighted by Gasteiger charge is -2.34. The SMILES string of the molecule is C=CCN(CC=C)C(=O)CN1CCN(Cc2nc(-c3ccc(C)cc3)no2)CC1. The second-order valence-electron chi connectivity index (χ2n) is 7.31. The smallest absolute Gasteiger partial charge is 0.241 e. The van der Waals surface area contributed by atoms with Gasteiger partial charge in [-0.15, -0.1) is 13.2 Å². The highest BCUT2D eigenvalue weighted by molar-refractivity contribution is 5.78. The van der Waals surface area contributed by atoms with E-state index in [4.69, 9.17) is 4.52 Å². The minimum Gasteiger partial charge on any atom is -0.338 e. The molecule has 0 bridgehead atoms. The average Bonchev–Trinajstić information content (AvgIpc) is 3.18. The molecule has 1 aliphatic rings. The van der Waals surface area contributed by atoms with E-state index in [0.717, 1.165) is 31.7 Å². The van der Waals surface area contributed by atoms with E-state index in [2.05, 4.69) is 40.0 Å². The molecule has 2 heterocycles. The molecule has 7 heteroatoms. The quantitative estimate of drug-likeness (QED) is 0.608. The first-order valence-electron chi connectivity index (χ1n) is 9.93. The third kappa shape index (κ3) is 5.85. The Morgan fingerprint density at radius 2 is 1.72 bits per heavy atom. The van der Waals surface area contributed by atoms with Crippen molar-refractivity contribution in [1.29, 1.82) is 0 Å². The van der Waals surface area contributed by atoms with Gasteiger partial charge in [-0.25, -0.2) is 0 Å². The van der Waals surface area contributed by atoms with Gasteiger partial charge in [-0.1, -0.05) is 47.1 Å². The maximum Gasteiger partial charge on any atom is 0.241 e. The fourth-order valence-electron chi connectivity index (χ4n) is 3.32. The van der Waals surface area contributed by atoms with Crippen molar-refractivity contribution >= 4 is 5.91 Å². The molecule has 0 aliphatic carbocycles. The molecule has 0 unspecified atom stereocenters. The highest BCUT2D eigenvalue weighted by Gasteiger charge is 2.22. The van der Waals surface area contributed by atoms with Crippen LogP contribution < -0.4 is 0 Å². The lowest BCUT2D eigenvalue weighted by atomic mass is 10.1. The van der Waals surface area contributed by atoms with Crippen molar-refractivity contribution in [3.8, 4) is 11.4 Å². The van der Waals surface area contributed by atoms with Crippen LogP contribution in [0.3, 0.4) is 0 Å². The normalized spacial score (nSPS) is 15.2. The molecule has 0 N–H and O–H groups in total. The van der Waals surface area contributed by atoms with E-state index in [0.29, 0.717) is 37.9 Å². The summed E-state index contributed by atoms with van der Waals surface area (Å²) in [5.74, 6) is 1.35. The maximum absolute atomic E-state index is 12.5. The summed E-state index contributed by atoms with van der Waals surface area (Å²) in [5, 5.41) is 4.10.